The van der Waals surface area contributed by atoms with Crippen molar-refractivity contribution in [3.63, 3.8) is 0 Å². The van der Waals surface area contributed by atoms with Gasteiger partial charge in [0.2, 0.25) is 5.91 Å². The molecule has 1 amide bonds. The Kier molecular flexibility index (Phi) is 6.77. The largest absolute Gasteiger partial charge is 0.462 e. The molecule has 0 atom stereocenters. The molecule has 3 aromatic rings. The van der Waals surface area contributed by atoms with Crippen molar-refractivity contribution in [2.24, 2.45) is 7.05 Å². The number of aryl methyl sites for hydroxylation is 1. The van der Waals surface area contributed by atoms with Gasteiger partial charge >= 0.3 is 5.97 Å². The van der Waals surface area contributed by atoms with E-state index in [4.69, 9.17) is 16.3 Å². The minimum atomic E-state index is -0.495. The molecule has 1 N–H and O–H groups in total. The lowest BCUT2D eigenvalue weighted by Gasteiger charge is -2.09. The molecule has 6 nitrogen and oxygen atoms in total. The van der Waals surface area contributed by atoms with Crippen LogP contribution in [0.3, 0.4) is 0 Å². The van der Waals surface area contributed by atoms with E-state index in [0.717, 1.165) is 5.16 Å². The van der Waals surface area contributed by atoms with Gasteiger partial charge < -0.3 is 14.6 Å². The molecule has 1 aromatic carbocycles. The first-order valence-electron chi connectivity index (χ1n) is 8.44. The van der Waals surface area contributed by atoms with Crippen molar-refractivity contribution < 1.29 is 14.3 Å². The molecule has 0 bridgehead atoms. The highest BCUT2D eigenvalue weighted by molar-refractivity contribution is 7.99. The molecular formula is C19H18ClN3O3S2. The van der Waals surface area contributed by atoms with E-state index in [2.05, 4.69) is 10.3 Å². The summed E-state index contributed by atoms with van der Waals surface area (Å²) in [6, 6.07) is 7.25. The Balaban J connectivity index is 1.84. The Hall–Kier alpha value is -2.29. The summed E-state index contributed by atoms with van der Waals surface area (Å²) in [6.07, 6.45) is 3.49. The summed E-state index contributed by atoms with van der Waals surface area (Å²) >= 11 is 8.89. The summed E-state index contributed by atoms with van der Waals surface area (Å²) in [5, 5.41) is 6.32. The monoisotopic (exact) mass is 435 g/mol. The summed E-state index contributed by atoms with van der Waals surface area (Å²) in [5.41, 5.74) is 1.67. The highest BCUT2D eigenvalue weighted by Crippen LogP contribution is 2.39. The summed E-state index contributed by atoms with van der Waals surface area (Å²) in [7, 11) is 1.86. The van der Waals surface area contributed by atoms with Crippen LogP contribution in [0, 0.1) is 0 Å². The first-order valence-corrected chi connectivity index (χ1v) is 10.7. The van der Waals surface area contributed by atoms with Crippen molar-refractivity contribution in [1.82, 2.24) is 9.55 Å². The molecule has 0 radical (unpaired) electrons. The number of aromatic nitrogens is 2. The van der Waals surface area contributed by atoms with E-state index in [-0.39, 0.29) is 18.3 Å². The maximum absolute atomic E-state index is 12.6. The minimum absolute atomic E-state index is 0.173. The third-order valence-corrected chi connectivity index (χ3v) is 6.08. The lowest BCUT2D eigenvalue weighted by atomic mass is 10.0. The van der Waals surface area contributed by atoms with Crippen LogP contribution in [0.1, 0.15) is 17.3 Å². The Morgan fingerprint density at radius 2 is 2.11 bits per heavy atom. The predicted molar refractivity (Wildman–Crippen MR) is 113 cm³/mol. The zero-order valence-electron chi connectivity index (χ0n) is 15.3. The highest BCUT2D eigenvalue weighted by atomic mass is 35.5. The van der Waals surface area contributed by atoms with Crippen LogP contribution >= 0.6 is 34.7 Å². The van der Waals surface area contributed by atoms with Gasteiger partial charge in [0.15, 0.2) is 5.16 Å². The smallest absolute Gasteiger partial charge is 0.341 e. The van der Waals surface area contributed by atoms with Crippen LogP contribution in [0.2, 0.25) is 5.02 Å². The van der Waals surface area contributed by atoms with Gasteiger partial charge in [0.1, 0.15) is 10.6 Å². The number of halogens is 1. The van der Waals surface area contributed by atoms with Gasteiger partial charge in [0, 0.05) is 41.0 Å². The fourth-order valence-electron chi connectivity index (χ4n) is 2.52. The van der Waals surface area contributed by atoms with Crippen LogP contribution < -0.4 is 5.32 Å². The van der Waals surface area contributed by atoms with Gasteiger partial charge in [-0.3, -0.25) is 4.79 Å². The van der Waals surface area contributed by atoms with Crippen molar-refractivity contribution in [2.45, 2.75) is 12.1 Å². The number of imidazole rings is 1. The summed E-state index contributed by atoms with van der Waals surface area (Å²) < 4.78 is 7.04. The Morgan fingerprint density at radius 1 is 1.32 bits per heavy atom. The second kappa shape index (κ2) is 9.27. The van der Waals surface area contributed by atoms with Crippen molar-refractivity contribution in [3.05, 3.63) is 52.6 Å². The fraction of sp³-hybridized carbons (Fsp3) is 0.211. The van der Waals surface area contributed by atoms with Gasteiger partial charge in [-0.25, -0.2) is 9.78 Å². The topological polar surface area (TPSA) is 73.2 Å². The molecule has 2 aromatic heterocycles. The van der Waals surface area contributed by atoms with Crippen LogP contribution in [-0.4, -0.2) is 33.8 Å². The molecule has 0 fully saturated rings. The number of ether oxygens (including phenoxy) is 1. The molecule has 0 aliphatic rings. The van der Waals surface area contributed by atoms with E-state index in [0.29, 0.717) is 26.7 Å². The van der Waals surface area contributed by atoms with Gasteiger partial charge in [-0.05, 0) is 13.0 Å². The number of anilines is 1. The van der Waals surface area contributed by atoms with Crippen molar-refractivity contribution in [1.29, 1.82) is 0 Å². The third kappa shape index (κ3) is 4.57. The molecule has 0 aliphatic carbocycles. The first kappa shape index (κ1) is 20.4. The molecule has 0 unspecified atom stereocenters. The predicted octanol–water partition coefficient (Wildman–Crippen LogP) is 4.71. The van der Waals surface area contributed by atoms with Crippen LogP contribution in [0.5, 0.6) is 0 Å². The zero-order valence-corrected chi connectivity index (χ0v) is 17.7. The highest BCUT2D eigenvalue weighted by Gasteiger charge is 2.24. The molecule has 3 rings (SSSR count). The Labute approximate surface area is 175 Å². The van der Waals surface area contributed by atoms with Crippen molar-refractivity contribution in [2.75, 3.05) is 17.7 Å². The van der Waals surface area contributed by atoms with Crippen LogP contribution in [0.25, 0.3) is 11.1 Å². The fourth-order valence-corrected chi connectivity index (χ4v) is 4.45. The van der Waals surface area contributed by atoms with Crippen LogP contribution in [-0.2, 0) is 16.6 Å². The molecule has 0 saturated heterocycles. The average molecular weight is 436 g/mol. The number of rotatable bonds is 7. The van der Waals surface area contributed by atoms with Crippen LogP contribution in [0.4, 0.5) is 5.00 Å². The van der Waals surface area contributed by atoms with Gasteiger partial charge in [-0.2, -0.15) is 0 Å². The number of amides is 1. The minimum Gasteiger partial charge on any atom is -0.462 e. The first-order chi connectivity index (χ1) is 13.5. The molecule has 0 aliphatic heterocycles. The van der Waals surface area contributed by atoms with Gasteiger partial charge in [0.05, 0.1) is 12.4 Å². The Morgan fingerprint density at radius 3 is 2.79 bits per heavy atom. The lowest BCUT2D eigenvalue weighted by Crippen LogP contribution is -2.16. The van der Waals surface area contributed by atoms with Crippen molar-refractivity contribution >= 4 is 51.6 Å². The lowest BCUT2D eigenvalue weighted by molar-refractivity contribution is -0.113. The molecule has 28 heavy (non-hydrogen) atoms. The quantitative estimate of drug-likeness (QED) is 0.429. The Bertz CT molecular complexity index is 1000. The molecule has 146 valence electrons. The zero-order chi connectivity index (χ0) is 20.1. The van der Waals surface area contributed by atoms with E-state index in [1.165, 1.54) is 23.1 Å². The number of nitrogens with zero attached hydrogens (tertiary/aromatic N) is 2. The number of esters is 1. The molecule has 9 heteroatoms. The SMILES string of the molecule is CCOC(=O)c1c(-c2ccccc2Cl)csc1NC(=O)CSc1nccn1C. The second-order valence-electron chi connectivity index (χ2n) is 5.71. The van der Waals surface area contributed by atoms with E-state index < -0.39 is 5.97 Å². The van der Waals surface area contributed by atoms with Gasteiger partial charge in [-0.15, -0.1) is 11.3 Å². The third-order valence-electron chi connectivity index (χ3n) is 3.80. The number of thioether (sulfide) groups is 1. The number of carbonyl (C=O) groups excluding carboxylic acids is 2. The summed E-state index contributed by atoms with van der Waals surface area (Å²) in [6.45, 7) is 1.97. The van der Waals surface area contributed by atoms with E-state index in [9.17, 15) is 9.59 Å². The second-order valence-corrected chi connectivity index (χ2v) is 7.94. The van der Waals surface area contributed by atoms with E-state index in [1.807, 2.05) is 36.0 Å². The van der Waals surface area contributed by atoms with Crippen LogP contribution in [0.15, 0.2) is 47.2 Å². The maximum Gasteiger partial charge on any atom is 0.341 e. The number of benzene rings is 1. The number of carbonyl (C=O) groups is 2. The number of hydrogen-bond acceptors (Lipinski definition) is 6. The van der Waals surface area contributed by atoms with Gasteiger partial charge in [-0.1, -0.05) is 41.6 Å². The normalized spacial score (nSPS) is 10.7. The molecular weight excluding hydrogens is 418 g/mol. The molecule has 0 spiro atoms. The maximum atomic E-state index is 12.6. The van der Waals surface area contributed by atoms with E-state index in [1.54, 1.807) is 24.6 Å². The van der Waals surface area contributed by atoms with E-state index >= 15 is 0 Å². The number of nitrogens with one attached hydrogen (secondary N) is 1. The molecule has 2 heterocycles. The summed E-state index contributed by atoms with van der Waals surface area (Å²) in [5.74, 6) is -0.552. The average Bonchev–Trinajstić information content (AvgIpc) is 3.26. The standard InChI is InChI=1S/C19H18ClN3O3S2/c1-3-26-18(25)16-13(12-6-4-5-7-14(12)20)10-27-17(16)22-15(24)11-28-19-21-8-9-23(19)2/h4-10H,3,11H2,1-2H3,(H,22,24). The van der Waals surface area contributed by atoms with Crippen molar-refractivity contribution in [3.8, 4) is 11.1 Å². The van der Waals surface area contributed by atoms with Gasteiger partial charge in [0.25, 0.3) is 0 Å². The molecule has 0 saturated carbocycles. The summed E-state index contributed by atoms with van der Waals surface area (Å²) in [4.78, 5) is 29.2. The number of hydrogen-bond donors (Lipinski definition) is 1. The number of thiophene rings is 1.